The number of hydrogen-bond donors (Lipinski definition) is 2. The van der Waals surface area contributed by atoms with Crippen LogP contribution in [0.4, 0.5) is 0 Å². The van der Waals surface area contributed by atoms with Crippen LogP contribution in [0.15, 0.2) is 0 Å². The van der Waals surface area contributed by atoms with Crippen LogP contribution in [0.3, 0.4) is 0 Å². The van der Waals surface area contributed by atoms with Crippen LogP contribution in [0.25, 0.3) is 0 Å². The normalized spacial score (nSPS) is 32.5. The maximum Gasteiger partial charge on any atom is 0.237 e. The van der Waals surface area contributed by atoms with Crippen LogP contribution in [0, 0.1) is 5.92 Å². The number of nitrogens with zero attached hydrogens (tertiary/aromatic N) is 1. The number of piperidine rings is 1. The topological polar surface area (TPSA) is 78.5 Å². The summed E-state index contributed by atoms with van der Waals surface area (Å²) in [7, 11) is -2.90. The molecule has 2 N–H and O–H groups in total. The van der Waals surface area contributed by atoms with Crippen LogP contribution in [0.1, 0.15) is 44.9 Å². The smallest absolute Gasteiger partial charge is 0.237 e. The number of sulfone groups is 1. The van der Waals surface area contributed by atoms with E-state index >= 15 is 0 Å². The van der Waals surface area contributed by atoms with Crippen LogP contribution in [0.2, 0.25) is 0 Å². The van der Waals surface area contributed by atoms with Crippen molar-refractivity contribution in [1.29, 1.82) is 0 Å². The van der Waals surface area contributed by atoms with Gasteiger partial charge in [0.15, 0.2) is 0 Å². The van der Waals surface area contributed by atoms with Gasteiger partial charge in [0.05, 0.1) is 11.8 Å². The lowest BCUT2D eigenvalue weighted by Gasteiger charge is -2.32. The fourth-order valence-corrected chi connectivity index (χ4v) is 5.01. The molecular formula is C17H31N3O3S. The molecule has 1 aliphatic carbocycles. The van der Waals surface area contributed by atoms with E-state index in [4.69, 9.17) is 0 Å². The summed E-state index contributed by atoms with van der Waals surface area (Å²) < 4.78 is 22.5. The Morgan fingerprint density at radius 2 is 1.88 bits per heavy atom. The fraction of sp³-hybridized carbons (Fsp3) is 0.941. The molecule has 0 aromatic heterocycles. The number of carbonyl (C=O) groups is 1. The Morgan fingerprint density at radius 3 is 2.54 bits per heavy atom. The second-order valence-electron chi connectivity index (χ2n) is 7.86. The van der Waals surface area contributed by atoms with E-state index in [2.05, 4.69) is 15.5 Å². The molecule has 0 bridgehead atoms. The molecule has 2 heterocycles. The summed E-state index contributed by atoms with van der Waals surface area (Å²) in [5, 5.41) is 6.76. The van der Waals surface area contributed by atoms with E-state index in [0.717, 1.165) is 32.4 Å². The van der Waals surface area contributed by atoms with Gasteiger partial charge < -0.3 is 15.5 Å². The van der Waals surface area contributed by atoms with Gasteiger partial charge in [-0.25, -0.2) is 8.42 Å². The zero-order valence-electron chi connectivity index (χ0n) is 14.7. The van der Waals surface area contributed by atoms with Gasteiger partial charge in [-0.05, 0) is 38.0 Å². The Balaban J connectivity index is 1.39. The standard InChI is InChI=1S/C17H31N3O3S/c1-24(22,23)11-10-20-8-6-14(7-9-20)18-17(21)16-12-13-4-2-3-5-15(13)19-16/h13-16,19H,2-12H2,1H3,(H,18,21). The fourth-order valence-electron chi connectivity index (χ4n) is 4.42. The summed E-state index contributed by atoms with van der Waals surface area (Å²) >= 11 is 0. The van der Waals surface area contributed by atoms with Crippen LogP contribution >= 0.6 is 0 Å². The van der Waals surface area contributed by atoms with Gasteiger partial charge in [-0.3, -0.25) is 4.79 Å². The maximum atomic E-state index is 12.5. The first kappa shape index (κ1) is 18.1. The van der Waals surface area contributed by atoms with E-state index in [0.29, 0.717) is 18.5 Å². The third-order valence-electron chi connectivity index (χ3n) is 5.89. The predicted molar refractivity (Wildman–Crippen MR) is 94.6 cm³/mol. The highest BCUT2D eigenvalue weighted by Crippen LogP contribution is 2.33. The van der Waals surface area contributed by atoms with Crippen molar-refractivity contribution >= 4 is 15.7 Å². The molecule has 3 fully saturated rings. The zero-order chi connectivity index (χ0) is 17.2. The van der Waals surface area contributed by atoms with Gasteiger partial charge in [0.2, 0.25) is 5.91 Å². The van der Waals surface area contributed by atoms with E-state index in [-0.39, 0.29) is 23.7 Å². The van der Waals surface area contributed by atoms with E-state index in [9.17, 15) is 13.2 Å². The first-order valence-electron chi connectivity index (χ1n) is 9.37. The number of amides is 1. The van der Waals surface area contributed by atoms with Gasteiger partial charge >= 0.3 is 0 Å². The summed E-state index contributed by atoms with van der Waals surface area (Å²) in [6.45, 7) is 2.33. The Morgan fingerprint density at radius 1 is 1.17 bits per heavy atom. The first-order chi connectivity index (χ1) is 11.4. The molecule has 1 saturated carbocycles. The number of nitrogens with one attached hydrogen (secondary N) is 2. The minimum Gasteiger partial charge on any atom is -0.352 e. The van der Waals surface area contributed by atoms with Gasteiger partial charge in [0, 0.05) is 38.0 Å². The zero-order valence-corrected chi connectivity index (χ0v) is 15.5. The molecule has 0 aromatic rings. The summed E-state index contributed by atoms with van der Waals surface area (Å²) in [5.74, 6) is 1.07. The average molecular weight is 358 g/mol. The lowest BCUT2D eigenvalue weighted by atomic mass is 9.85. The van der Waals surface area contributed by atoms with Crippen molar-refractivity contribution in [2.45, 2.75) is 63.1 Å². The van der Waals surface area contributed by atoms with E-state index in [1.54, 1.807) is 0 Å². The molecule has 2 saturated heterocycles. The second-order valence-corrected chi connectivity index (χ2v) is 10.1. The van der Waals surface area contributed by atoms with Gasteiger partial charge in [-0.1, -0.05) is 12.8 Å². The van der Waals surface area contributed by atoms with Crippen molar-refractivity contribution in [3.63, 3.8) is 0 Å². The number of fused-ring (bicyclic) bond motifs is 1. The van der Waals surface area contributed by atoms with Crippen molar-refractivity contribution < 1.29 is 13.2 Å². The molecule has 7 heteroatoms. The molecule has 3 rings (SSSR count). The summed E-state index contributed by atoms with van der Waals surface area (Å²) in [4.78, 5) is 14.7. The predicted octanol–water partition coefficient (Wildman–Crippen LogP) is 0.532. The van der Waals surface area contributed by atoms with Crippen molar-refractivity contribution in [1.82, 2.24) is 15.5 Å². The molecule has 3 atom stereocenters. The molecule has 24 heavy (non-hydrogen) atoms. The highest BCUT2D eigenvalue weighted by atomic mass is 32.2. The Labute approximate surface area is 145 Å². The molecule has 2 aliphatic heterocycles. The molecule has 0 aromatic carbocycles. The molecule has 138 valence electrons. The third-order valence-corrected chi connectivity index (χ3v) is 6.82. The van der Waals surface area contributed by atoms with Crippen LogP contribution in [0.5, 0.6) is 0 Å². The number of hydrogen-bond acceptors (Lipinski definition) is 5. The minimum absolute atomic E-state index is 0.0126. The molecule has 0 spiro atoms. The molecule has 0 radical (unpaired) electrons. The number of likely N-dealkylation sites (tertiary alicyclic amines) is 1. The second kappa shape index (κ2) is 7.70. The van der Waals surface area contributed by atoms with E-state index < -0.39 is 9.84 Å². The van der Waals surface area contributed by atoms with Crippen LogP contribution in [-0.4, -0.2) is 69.0 Å². The summed E-state index contributed by atoms with van der Waals surface area (Å²) in [6.07, 6.45) is 9.17. The minimum atomic E-state index is -2.90. The molecule has 3 unspecified atom stereocenters. The Kier molecular flexibility index (Phi) is 5.82. The lowest BCUT2D eigenvalue weighted by Crippen LogP contribution is -2.50. The van der Waals surface area contributed by atoms with Crippen molar-refractivity contribution in [3.05, 3.63) is 0 Å². The number of carbonyl (C=O) groups excluding carboxylic acids is 1. The van der Waals surface area contributed by atoms with Gasteiger partial charge in [0.1, 0.15) is 9.84 Å². The molecular weight excluding hydrogens is 326 g/mol. The Bertz CT molecular complexity index is 529. The largest absolute Gasteiger partial charge is 0.352 e. The average Bonchev–Trinajstić information content (AvgIpc) is 2.98. The SMILES string of the molecule is CS(=O)(=O)CCN1CCC(NC(=O)C2CC3CCCCC3N2)CC1. The van der Waals surface area contributed by atoms with Crippen molar-refractivity contribution in [2.75, 3.05) is 31.6 Å². The van der Waals surface area contributed by atoms with E-state index in [1.807, 2.05) is 0 Å². The van der Waals surface area contributed by atoms with Gasteiger partial charge in [-0.15, -0.1) is 0 Å². The summed E-state index contributed by atoms with van der Waals surface area (Å²) in [6, 6.07) is 0.769. The quantitative estimate of drug-likeness (QED) is 0.751. The van der Waals surface area contributed by atoms with E-state index in [1.165, 1.54) is 31.9 Å². The molecule has 6 nitrogen and oxygen atoms in total. The van der Waals surface area contributed by atoms with Crippen LogP contribution < -0.4 is 10.6 Å². The third kappa shape index (κ3) is 4.92. The van der Waals surface area contributed by atoms with Crippen molar-refractivity contribution in [2.24, 2.45) is 5.92 Å². The van der Waals surface area contributed by atoms with Crippen molar-refractivity contribution in [3.8, 4) is 0 Å². The Hall–Kier alpha value is -0.660. The van der Waals surface area contributed by atoms with Crippen LogP contribution in [-0.2, 0) is 14.6 Å². The maximum absolute atomic E-state index is 12.5. The van der Waals surface area contributed by atoms with Gasteiger partial charge in [-0.2, -0.15) is 0 Å². The first-order valence-corrected chi connectivity index (χ1v) is 11.4. The monoisotopic (exact) mass is 357 g/mol. The van der Waals surface area contributed by atoms with Gasteiger partial charge in [0.25, 0.3) is 0 Å². The summed E-state index contributed by atoms with van der Waals surface area (Å²) in [5.41, 5.74) is 0. The molecule has 1 amide bonds. The molecule has 3 aliphatic rings. The number of rotatable bonds is 5. The highest BCUT2D eigenvalue weighted by Gasteiger charge is 2.38. The lowest BCUT2D eigenvalue weighted by molar-refractivity contribution is -0.123. The highest BCUT2D eigenvalue weighted by molar-refractivity contribution is 7.90.